The molecule has 0 atom stereocenters. The van der Waals surface area contributed by atoms with Crippen molar-refractivity contribution < 1.29 is 17.9 Å². The van der Waals surface area contributed by atoms with Gasteiger partial charge in [0.15, 0.2) is 9.84 Å². The summed E-state index contributed by atoms with van der Waals surface area (Å²) in [7, 11) is -3.49. The zero-order valence-electron chi connectivity index (χ0n) is 12.7. The Hall–Kier alpha value is -2.15. The molecule has 0 aliphatic heterocycles. The van der Waals surface area contributed by atoms with E-state index in [1.807, 2.05) is 0 Å². The highest BCUT2D eigenvalue weighted by molar-refractivity contribution is 7.90. The molecule has 0 fully saturated rings. The van der Waals surface area contributed by atoms with Crippen LogP contribution in [-0.4, -0.2) is 29.7 Å². The highest BCUT2D eigenvalue weighted by Gasteiger charge is 2.20. The first kappa shape index (κ1) is 16.2. The largest absolute Gasteiger partial charge is 0.443 e. The molecule has 0 aliphatic rings. The molecule has 0 aliphatic carbocycles. The minimum atomic E-state index is -3.49. The molecule has 0 N–H and O–H groups in total. The number of carbonyl (C=O) groups excluding carboxylic acids is 1. The molecule has 2 aromatic rings. The molecule has 7 heteroatoms. The molecule has 0 unspecified atom stereocenters. The van der Waals surface area contributed by atoms with Crippen molar-refractivity contribution >= 4 is 15.9 Å². The summed E-state index contributed by atoms with van der Waals surface area (Å²) in [5.74, 6) is -0.271. The zero-order valence-corrected chi connectivity index (χ0v) is 13.5. The molecule has 0 radical (unpaired) electrons. The van der Waals surface area contributed by atoms with E-state index in [0.717, 1.165) is 4.57 Å². The third-order valence-electron chi connectivity index (χ3n) is 2.68. The van der Waals surface area contributed by atoms with Crippen LogP contribution in [-0.2, 0) is 20.3 Å². The molecule has 0 amide bonds. The number of hydrogen-bond donors (Lipinski definition) is 0. The van der Waals surface area contributed by atoms with Crippen molar-refractivity contribution in [2.75, 3.05) is 0 Å². The minimum Gasteiger partial charge on any atom is -0.443 e. The second-order valence-electron chi connectivity index (χ2n) is 5.82. The standard InChI is InChI=1S/C15H18N2O4S/c1-15(2,3)21-14(18)17-9-12(16-11-17)10-22(19,20)13-7-5-4-6-8-13/h4-9,11H,10H2,1-3H3. The van der Waals surface area contributed by atoms with E-state index in [1.165, 1.54) is 24.7 Å². The van der Waals surface area contributed by atoms with Crippen LogP contribution in [0, 0.1) is 0 Å². The Morgan fingerprint density at radius 2 is 1.86 bits per heavy atom. The van der Waals surface area contributed by atoms with Gasteiger partial charge >= 0.3 is 6.09 Å². The molecular weight excluding hydrogens is 304 g/mol. The smallest absolute Gasteiger partial charge is 0.419 e. The maximum absolute atomic E-state index is 12.2. The number of benzene rings is 1. The predicted molar refractivity (Wildman–Crippen MR) is 81.2 cm³/mol. The summed E-state index contributed by atoms with van der Waals surface area (Å²) in [6.45, 7) is 5.26. The third-order valence-corrected chi connectivity index (χ3v) is 4.35. The van der Waals surface area contributed by atoms with E-state index in [2.05, 4.69) is 4.98 Å². The highest BCUT2D eigenvalue weighted by Crippen LogP contribution is 2.15. The Bertz CT molecular complexity index is 758. The van der Waals surface area contributed by atoms with Crippen molar-refractivity contribution in [3.63, 3.8) is 0 Å². The highest BCUT2D eigenvalue weighted by atomic mass is 32.2. The van der Waals surface area contributed by atoms with Crippen molar-refractivity contribution in [3.8, 4) is 0 Å². The van der Waals surface area contributed by atoms with Gasteiger partial charge in [-0.25, -0.2) is 22.8 Å². The van der Waals surface area contributed by atoms with Gasteiger partial charge in [-0.2, -0.15) is 0 Å². The monoisotopic (exact) mass is 322 g/mol. The number of rotatable bonds is 3. The quantitative estimate of drug-likeness (QED) is 0.868. The van der Waals surface area contributed by atoms with E-state index < -0.39 is 21.5 Å². The summed E-state index contributed by atoms with van der Waals surface area (Å²) in [6, 6.07) is 8.12. The predicted octanol–water partition coefficient (Wildman–Crippen LogP) is 2.64. The molecule has 0 bridgehead atoms. The Morgan fingerprint density at radius 1 is 1.23 bits per heavy atom. The minimum absolute atomic E-state index is 0.224. The number of ether oxygens (including phenoxy) is 1. The van der Waals surface area contributed by atoms with E-state index >= 15 is 0 Å². The molecule has 1 aromatic carbocycles. The van der Waals surface area contributed by atoms with E-state index in [9.17, 15) is 13.2 Å². The normalized spacial score (nSPS) is 12.1. The van der Waals surface area contributed by atoms with E-state index in [-0.39, 0.29) is 16.3 Å². The lowest BCUT2D eigenvalue weighted by molar-refractivity contribution is 0.0536. The fourth-order valence-electron chi connectivity index (χ4n) is 1.76. The molecule has 22 heavy (non-hydrogen) atoms. The van der Waals surface area contributed by atoms with Gasteiger partial charge in [-0.3, -0.25) is 0 Å². The van der Waals surface area contributed by atoms with Gasteiger partial charge in [-0.1, -0.05) is 18.2 Å². The Balaban J connectivity index is 2.14. The molecular formula is C15H18N2O4S. The lowest BCUT2D eigenvalue weighted by atomic mass is 10.2. The Kier molecular flexibility index (Phi) is 4.37. The van der Waals surface area contributed by atoms with Crippen molar-refractivity contribution in [2.45, 2.75) is 37.0 Å². The van der Waals surface area contributed by atoms with Crippen LogP contribution in [0.3, 0.4) is 0 Å². The van der Waals surface area contributed by atoms with Crippen LogP contribution < -0.4 is 0 Å². The number of aromatic nitrogens is 2. The fraction of sp³-hybridized carbons (Fsp3) is 0.333. The first-order chi connectivity index (χ1) is 10.2. The lowest BCUT2D eigenvalue weighted by Gasteiger charge is -2.19. The molecule has 118 valence electrons. The topological polar surface area (TPSA) is 78.3 Å². The van der Waals surface area contributed by atoms with Gasteiger partial charge < -0.3 is 4.74 Å². The van der Waals surface area contributed by atoms with Crippen molar-refractivity contribution in [3.05, 3.63) is 48.5 Å². The van der Waals surface area contributed by atoms with Gasteiger partial charge in [-0.15, -0.1) is 0 Å². The first-order valence-electron chi connectivity index (χ1n) is 6.71. The number of nitrogens with zero attached hydrogens (tertiary/aromatic N) is 2. The van der Waals surface area contributed by atoms with Crippen molar-refractivity contribution in [1.29, 1.82) is 0 Å². The summed E-state index contributed by atoms with van der Waals surface area (Å²) in [5, 5.41) is 0. The van der Waals surface area contributed by atoms with E-state index in [1.54, 1.807) is 39.0 Å². The van der Waals surface area contributed by atoms with Crippen molar-refractivity contribution in [2.24, 2.45) is 0 Å². The lowest BCUT2D eigenvalue weighted by Crippen LogP contribution is -2.26. The fourth-order valence-corrected chi connectivity index (χ4v) is 3.04. The average Bonchev–Trinajstić information content (AvgIpc) is 2.86. The van der Waals surface area contributed by atoms with Crippen LogP contribution >= 0.6 is 0 Å². The number of carbonyl (C=O) groups is 1. The van der Waals surface area contributed by atoms with Gasteiger partial charge in [0, 0.05) is 6.20 Å². The maximum Gasteiger partial charge on any atom is 0.419 e. The SMILES string of the molecule is CC(C)(C)OC(=O)n1cnc(CS(=O)(=O)c2ccccc2)c1. The van der Waals surface area contributed by atoms with E-state index in [0.29, 0.717) is 0 Å². The summed E-state index contributed by atoms with van der Waals surface area (Å²) in [4.78, 5) is 16.0. The van der Waals surface area contributed by atoms with Crippen LogP contribution in [0.1, 0.15) is 26.5 Å². The Labute approximate surface area is 129 Å². The summed E-state index contributed by atoms with van der Waals surface area (Å²) in [5.41, 5.74) is -0.341. The molecule has 0 spiro atoms. The van der Waals surface area contributed by atoms with Crippen LogP contribution in [0.25, 0.3) is 0 Å². The number of imidazole rings is 1. The molecule has 2 rings (SSSR count). The average molecular weight is 322 g/mol. The Morgan fingerprint density at radius 3 is 2.45 bits per heavy atom. The molecule has 6 nitrogen and oxygen atoms in total. The van der Waals surface area contributed by atoms with Crippen molar-refractivity contribution in [1.82, 2.24) is 9.55 Å². The van der Waals surface area contributed by atoms with Crippen LogP contribution in [0.15, 0.2) is 47.8 Å². The van der Waals surface area contributed by atoms with Crippen LogP contribution in [0.5, 0.6) is 0 Å². The van der Waals surface area contributed by atoms with Crippen LogP contribution in [0.2, 0.25) is 0 Å². The van der Waals surface area contributed by atoms with Gasteiger partial charge in [-0.05, 0) is 32.9 Å². The summed E-state index contributed by atoms with van der Waals surface area (Å²) < 4.78 is 30.8. The molecule has 0 saturated carbocycles. The second kappa shape index (κ2) is 5.92. The first-order valence-corrected chi connectivity index (χ1v) is 8.37. The molecule has 1 aromatic heterocycles. The van der Waals surface area contributed by atoms with E-state index in [4.69, 9.17) is 4.74 Å². The second-order valence-corrected chi connectivity index (χ2v) is 7.81. The summed E-state index contributed by atoms with van der Waals surface area (Å²) >= 11 is 0. The third kappa shape index (κ3) is 4.17. The van der Waals surface area contributed by atoms with Gasteiger partial charge in [0.25, 0.3) is 0 Å². The van der Waals surface area contributed by atoms with Gasteiger partial charge in [0.05, 0.1) is 16.3 Å². The van der Waals surface area contributed by atoms with Gasteiger partial charge in [0.1, 0.15) is 11.9 Å². The number of hydrogen-bond acceptors (Lipinski definition) is 5. The molecule has 0 saturated heterocycles. The number of sulfone groups is 1. The zero-order chi connectivity index (χ0) is 16.4. The summed E-state index contributed by atoms with van der Waals surface area (Å²) in [6.07, 6.45) is 2.03. The maximum atomic E-state index is 12.2. The van der Waals surface area contributed by atoms with Crippen LogP contribution in [0.4, 0.5) is 4.79 Å². The molecule has 1 heterocycles. The van der Waals surface area contributed by atoms with Gasteiger partial charge in [0.2, 0.25) is 0 Å².